The zero-order valence-electron chi connectivity index (χ0n) is 6.53. The van der Waals surface area contributed by atoms with Crippen molar-refractivity contribution in [3.05, 3.63) is 33.9 Å². The zero-order valence-corrected chi connectivity index (χ0v) is 8.69. The lowest BCUT2D eigenvalue weighted by molar-refractivity contribution is -0.134. The highest BCUT2D eigenvalue weighted by Crippen LogP contribution is 1.99. The number of carboxylic acid groups (broad SMARTS) is 1. The van der Waals surface area contributed by atoms with Gasteiger partial charge in [0.25, 0.3) is 5.97 Å². The summed E-state index contributed by atoms with van der Waals surface area (Å²) in [6.45, 7) is 1.08. The Morgan fingerprint density at radius 3 is 1.83 bits per heavy atom. The number of halogens is 2. The fourth-order valence-corrected chi connectivity index (χ4v) is 0.830. The topological polar surface area (TPSA) is 37.3 Å². The first-order chi connectivity index (χ1) is 5.13. The molecule has 68 valence electrons. The van der Waals surface area contributed by atoms with Gasteiger partial charge in [-0.05, 0) is 34.7 Å². The van der Waals surface area contributed by atoms with Crippen LogP contribution in [0.1, 0.15) is 6.92 Å². The van der Waals surface area contributed by atoms with Gasteiger partial charge in [-0.15, -0.1) is 0 Å². The summed E-state index contributed by atoms with van der Waals surface area (Å²) in [4.78, 5) is 9.00. The largest absolute Gasteiger partial charge is 0.481 e. The van der Waals surface area contributed by atoms with Crippen molar-refractivity contribution in [3.63, 3.8) is 0 Å². The van der Waals surface area contributed by atoms with Gasteiger partial charge in [0.05, 0.1) is 0 Å². The van der Waals surface area contributed by atoms with E-state index in [1.807, 2.05) is 18.2 Å². The molecular weight excluding hydrogens is 274 g/mol. The number of carbonyl (C=O) groups is 1. The number of hydrogen-bond acceptors (Lipinski definition) is 1. The second-order valence-electron chi connectivity index (χ2n) is 1.81. The van der Waals surface area contributed by atoms with Crippen LogP contribution < -0.4 is 0 Å². The Labute approximate surface area is 84.1 Å². The number of hydrogen-bond donors (Lipinski definition) is 1. The smallest absolute Gasteiger partial charge is 0.300 e. The van der Waals surface area contributed by atoms with Gasteiger partial charge in [0.2, 0.25) is 0 Å². The first kappa shape index (κ1) is 13.9. The lowest BCUT2D eigenvalue weighted by Crippen LogP contribution is -1.78. The molecule has 0 bridgehead atoms. The van der Waals surface area contributed by atoms with Gasteiger partial charge in [-0.2, -0.15) is 0 Å². The summed E-state index contributed by atoms with van der Waals surface area (Å²) >= 11 is 2.28. The summed E-state index contributed by atoms with van der Waals surface area (Å²) < 4.78 is 1.29. The highest BCUT2D eigenvalue weighted by molar-refractivity contribution is 14.1. The summed E-state index contributed by atoms with van der Waals surface area (Å²) in [6, 6.07) is 10.2. The molecule has 0 heterocycles. The molecule has 0 aliphatic rings. The van der Waals surface area contributed by atoms with E-state index < -0.39 is 5.97 Å². The molecule has 1 rings (SSSR count). The first-order valence-corrected chi connectivity index (χ1v) is 4.11. The third-order valence-electron chi connectivity index (χ3n) is 0.733. The number of carboxylic acids is 1. The minimum Gasteiger partial charge on any atom is -0.481 e. The predicted octanol–water partition coefficient (Wildman–Crippen LogP) is 2.53. The standard InChI is InChI=1S/C6H5I.C2H4O2.FH/c7-6-4-2-1-3-5-6;1-2(3)4;/h1-5H;1H3,(H,3,4);1H. The Morgan fingerprint density at radius 2 is 1.67 bits per heavy atom. The predicted molar refractivity (Wildman–Crippen MR) is 55.0 cm³/mol. The van der Waals surface area contributed by atoms with E-state index in [2.05, 4.69) is 34.7 Å². The van der Waals surface area contributed by atoms with E-state index in [1.165, 1.54) is 3.57 Å². The van der Waals surface area contributed by atoms with Crippen LogP contribution in [0.5, 0.6) is 0 Å². The second-order valence-corrected chi connectivity index (χ2v) is 3.06. The fraction of sp³-hybridized carbons (Fsp3) is 0.125. The molecule has 1 aromatic carbocycles. The average Bonchev–Trinajstić information content (AvgIpc) is 1.87. The van der Waals surface area contributed by atoms with Crippen molar-refractivity contribution in [1.82, 2.24) is 0 Å². The van der Waals surface area contributed by atoms with Crippen molar-refractivity contribution in [2.45, 2.75) is 6.92 Å². The van der Waals surface area contributed by atoms with Crippen molar-refractivity contribution in [3.8, 4) is 0 Å². The van der Waals surface area contributed by atoms with Crippen LogP contribution in [-0.4, -0.2) is 11.1 Å². The lowest BCUT2D eigenvalue weighted by atomic mass is 10.4. The van der Waals surface area contributed by atoms with Crippen LogP contribution in [0.2, 0.25) is 0 Å². The van der Waals surface area contributed by atoms with Crippen LogP contribution in [0, 0.1) is 3.57 Å². The fourth-order valence-electron chi connectivity index (χ4n) is 0.415. The van der Waals surface area contributed by atoms with E-state index in [9.17, 15) is 0 Å². The van der Waals surface area contributed by atoms with Crippen LogP contribution in [-0.2, 0) is 4.79 Å². The molecule has 0 fully saturated rings. The van der Waals surface area contributed by atoms with Gasteiger partial charge >= 0.3 is 0 Å². The molecule has 2 nitrogen and oxygen atoms in total. The summed E-state index contributed by atoms with van der Waals surface area (Å²) in [5.41, 5.74) is 0. The molecule has 12 heavy (non-hydrogen) atoms. The SMILES string of the molecule is CC(=O)O.F.Ic1ccccc1. The van der Waals surface area contributed by atoms with Crippen molar-refractivity contribution >= 4 is 28.6 Å². The Balaban J connectivity index is 0. The van der Waals surface area contributed by atoms with Gasteiger partial charge in [-0.25, -0.2) is 0 Å². The van der Waals surface area contributed by atoms with E-state index in [0.717, 1.165) is 6.92 Å². The normalized spacial score (nSPS) is 7.17. The van der Waals surface area contributed by atoms with Crippen molar-refractivity contribution in [2.75, 3.05) is 0 Å². The Bertz CT molecular complexity index is 210. The van der Waals surface area contributed by atoms with Crippen LogP contribution in [0.3, 0.4) is 0 Å². The van der Waals surface area contributed by atoms with E-state index in [4.69, 9.17) is 9.90 Å². The number of aliphatic carboxylic acids is 1. The van der Waals surface area contributed by atoms with Crippen molar-refractivity contribution in [1.29, 1.82) is 0 Å². The molecule has 0 atom stereocenters. The molecule has 0 radical (unpaired) electrons. The molecule has 0 saturated carbocycles. The van der Waals surface area contributed by atoms with Gasteiger partial charge in [-0.3, -0.25) is 9.50 Å². The minimum atomic E-state index is -0.833. The Morgan fingerprint density at radius 1 is 1.33 bits per heavy atom. The van der Waals surface area contributed by atoms with E-state index in [-0.39, 0.29) is 4.70 Å². The molecule has 0 aliphatic heterocycles. The monoisotopic (exact) mass is 284 g/mol. The molecule has 0 aliphatic carbocycles. The highest BCUT2D eigenvalue weighted by atomic mass is 127. The van der Waals surface area contributed by atoms with Gasteiger partial charge < -0.3 is 5.11 Å². The third kappa shape index (κ3) is 12.1. The molecule has 1 N–H and O–H groups in total. The van der Waals surface area contributed by atoms with Crippen LogP contribution in [0.4, 0.5) is 4.70 Å². The Hall–Kier alpha value is -0.650. The molecule has 0 amide bonds. The van der Waals surface area contributed by atoms with Crippen molar-refractivity contribution < 1.29 is 14.6 Å². The second kappa shape index (κ2) is 8.45. The average molecular weight is 284 g/mol. The van der Waals surface area contributed by atoms with Gasteiger partial charge in [0.15, 0.2) is 0 Å². The van der Waals surface area contributed by atoms with Crippen LogP contribution in [0.25, 0.3) is 0 Å². The molecule has 4 heteroatoms. The molecule has 0 saturated heterocycles. The third-order valence-corrected chi connectivity index (χ3v) is 1.45. The van der Waals surface area contributed by atoms with E-state index in [0.29, 0.717) is 0 Å². The molecule has 0 aromatic heterocycles. The number of benzene rings is 1. The molecule has 0 spiro atoms. The van der Waals surface area contributed by atoms with Gasteiger partial charge in [0.1, 0.15) is 0 Å². The van der Waals surface area contributed by atoms with Crippen LogP contribution >= 0.6 is 22.6 Å². The van der Waals surface area contributed by atoms with E-state index >= 15 is 0 Å². The molecular formula is C8H10FIO2. The van der Waals surface area contributed by atoms with Crippen LogP contribution in [0.15, 0.2) is 30.3 Å². The van der Waals surface area contributed by atoms with E-state index in [1.54, 1.807) is 0 Å². The van der Waals surface area contributed by atoms with Gasteiger partial charge in [-0.1, -0.05) is 18.2 Å². The summed E-state index contributed by atoms with van der Waals surface area (Å²) in [5.74, 6) is -0.833. The zero-order chi connectivity index (χ0) is 8.69. The summed E-state index contributed by atoms with van der Waals surface area (Å²) in [5, 5.41) is 7.42. The lowest BCUT2D eigenvalue weighted by Gasteiger charge is -1.80. The highest BCUT2D eigenvalue weighted by Gasteiger charge is 1.74. The van der Waals surface area contributed by atoms with Gasteiger partial charge in [0, 0.05) is 10.5 Å². The maximum absolute atomic E-state index is 9.00. The first-order valence-electron chi connectivity index (χ1n) is 3.03. The maximum Gasteiger partial charge on any atom is 0.300 e. The summed E-state index contributed by atoms with van der Waals surface area (Å²) in [6.07, 6.45) is 0. The Kier molecular flexibility index (Phi) is 9.79. The summed E-state index contributed by atoms with van der Waals surface area (Å²) in [7, 11) is 0. The minimum absolute atomic E-state index is 0. The maximum atomic E-state index is 9.00. The van der Waals surface area contributed by atoms with Crippen molar-refractivity contribution in [2.24, 2.45) is 0 Å². The molecule has 0 unspecified atom stereocenters. The number of rotatable bonds is 0. The quantitative estimate of drug-likeness (QED) is 0.743. The molecule has 1 aromatic rings.